The molecule has 0 saturated heterocycles. The Morgan fingerprint density at radius 2 is 1.79 bits per heavy atom. The SMILES string of the molecule is Cc1ccc(S(=O)(=O)OC2=CCCN(C(=O)OC(C)(C)C)C2)cc1. The molecule has 1 amide bonds. The molecule has 0 spiro atoms. The van der Waals surface area contributed by atoms with Gasteiger partial charge in [-0.3, -0.25) is 0 Å². The quantitative estimate of drug-likeness (QED) is 0.780. The third-order valence-corrected chi connectivity index (χ3v) is 4.58. The number of amides is 1. The second-order valence-electron chi connectivity index (χ2n) is 6.71. The lowest BCUT2D eigenvalue weighted by atomic mass is 10.2. The Morgan fingerprint density at radius 3 is 2.38 bits per heavy atom. The maximum Gasteiger partial charge on any atom is 0.410 e. The van der Waals surface area contributed by atoms with Gasteiger partial charge in [0.05, 0.1) is 6.54 Å². The molecule has 0 fully saturated rings. The number of carbonyl (C=O) groups is 1. The number of ether oxygens (including phenoxy) is 1. The number of nitrogens with zero attached hydrogens (tertiary/aromatic N) is 1. The first kappa shape index (κ1) is 18.3. The summed E-state index contributed by atoms with van der Waals surface area (Å²) in [5.41, 5.74) is 0.356. The van der Waals surface area contributed by atoms with Gasteiger partial charge in [0.15, 0.2) is 0 Å². The minimum Gasteiger partial charge on any atom is -0.444 e. The van der Waals surface area contributed by atoms with Crippen LogP contribution >= 0.6 is 0 Å². The molecule has 1 aromatic rings. The van der Waals surface area contributed by atoms with Crippen LogP contribution in [0.25, 0.3) is 0 Å². The molecule has 7 heteroatoms. The second kappa shape index (κ2) is 6.84. The summed E-state index contributed by atoms with van der Waals surface area (Å²) in [6.45, 7) is 7.75. The number of benzene rings is 1. The van der Waals surface area contributed by atoms with E-state index in [9.17, 15) is 13.2 Å². The van der Waals surface area contributed by atoms with Gasteiger partial charge < -0.3 is 13.8 Å². The van der Waals surface area contributed by atoms with Crippen LogP contribution in [0.4, 0.5) is 4.79 Å². The summed E-state index contributed by atoms with van der Waals surface area (Å²) in [5.74, 6) is 0.229. The van der Waals surface area contributed by atoms with E-state index in [0.717, 1.165) is 5.56 Å². The Kier molecular flexibility index (Phi) is 5.22. The van der Waals surface area contributed by atoms with Crippen molar-refractivity contribution in [3.05, 3.63) is 41.7 Å². The fourth-order valence-corrected chi connectivity index (χ4v) is 3.12. The van der Waals surface area contributed by atoms with Crippen molar-refractivity contribution in [1.29, 1.82) is 0 Å². The maximum absolute atomic E-state index is 12.3. The van der Waals surface area contributed by atoms with Crippen LogP contribution in [0.3, 0.4) is 0 Å². The van der Waals surface area contributed by atoms with Crippen LogP contribution in [0.1, 0.15) is 32.8 Å². The smallest absolute Gasteiger partial charge is 0.410 e. The molecule has 0 atom stereocenters. The monoisotopic (exact) mass is 353 g/mol. The molecule has 0 aliphatic carbocycles. The predicted molar refractivity (Wildman–Crippen MR) is 90.0 cm³/mol. The van der Waals surface area contributed by atoms with Gasteiger partial charge in [0.25, 0.3) is 0 Å². The molecule has 0 radical (unpaired) electrons. The van der Waals surface area contributed by atoms with Crippen LogP contribution < -0.4 is 0 Å². The average molecular weight is 353 g/mol. The van der Waals surface area contributed by atoms with E-state index in [4.69, 9.17) is 8.92 Å². The number of rotatable bonds is 3. The summed E-state index contributed by atoms with van der Waals surface area (Å²) in [6, 6.07) is 6.41. The highest BCUT2D eigenvalue weighted by Gasteiger charge is 2.27. The summed E-state index contributed by atoms with van der Waals surface area (Å²) in [5, 5.41) is 0. The van der Waals surface area contributed by atoms with E-state index in [-0.39, 0.29) is 17.2 Å². The summed E-state index contributed by atoms with van der Waals surface area (Å²) < 4.78 is 35.1. The Hall–Kier alpha value is -2.02. The van der Waals surface area contributed by atoms with Crippen molar-refractivity contribution in [1.82, 2.24) is 4.90 Å². The molecule has 1 heterocycles. The van der Waals surface area contributed by atoms with Gasteiger partial charge in [0.1, 0.15) is 16.3 Å². The molecule has 1 aliphatic heterocycles. The first-order valence-corrected chi connectivity index (χ1v) is 9.16. The van der Waals surface area contributed by atoms with E-state index < -0.39 is 21.8 Å². The summed E-state index contributed by atoms with van der Waals surface area (Å²) in [7, 11) is -3.91. The molecule has 2 rings (SSSR count). The van der Waals surface area contributed by atoms with E-state index in [1.165, 1.54) is 17.0 Å². The summed E-state index contributed by atoms with van der Waals surface area (Å²) >= 11 is 0. The van der Waals surface area contributed by atoms with Crippen molar-refractivity contribution in [2.24, 2.45) is 0 Å². The van der Waals surface area contributed by atoms with Crippen LogP contribution in [0, 0.1) is 6.92 Å². The van der Waals surface area contributed by atoms with E-state index in [0.29, 0.717) is 13.0 Å². The number of hydrogen-bond donors (Lipinski definition) is 0. The van der Waals surface area contributed by atoms with Crippen LogP contribution in [-0.2, 0) is 19.0 Å². The van der Waals surface area contributed by atoms with Gasteiger partial charge in [0, 0.05) is 6.54 Å². The zero-order valence-electron chi connectivity index (χ0n) is 14.4. The van der Waals surface area contributed by atoms with Crippen molar-refractivity contribution >= 4 is 16.2 Å². The highest BCUT2D eigenvalue weighted by atomic mass is 32.2. The zero-order valence-corrected chi connectivity index (χ0v) is 15.2. The van der Waals surface area contributed by atoms with Crippen LogP contribution in [0.15, 0.2) is 41.0 Å². The first-order valence-electron chi connectivity index (χ1n) is 7.75. The van der Waals surface area contributed by atoms with E-state index in [1.807, 2.05) is 6.92 Å². The van der Waals surface area contributed by atoms with Gasteiger partial charge >= 0.3 is 16.2 Å². The molecule has 1 aliphatic rings. The Bertz CT molecular complexity index is 729. The average Bonchev–Trinajstić information content (AvgIpc) is 2.45. The molecule has 0 aromatic heterocycles. The summed E-state index contributed by atoms with van der Waals surface area (Å²) in [6.07, 6.45) is 1.72. The predicted octanol–water partition coefficient (Wildman–Crippen LogP) is 3.23. The molecule has 0 N–H and O–H groups in total. The van der Waals surface area contributed by atoms with Crippen LogP contribution in [0.5, 0.6) is 0 Å². The Labute approximate surface area is 143 Å². The highest BCUT2D eigenvalue weighted by molar-refractivity contribution is 7.86. The van der Waals surface area contributed by atoms with Crippen molar-refractivity contribution in [3.8, 4) is 0 Å². The van der Waals surface area contributed by atoms with E-state index >= 15 is 0 Å². The first-order chi connectivity index (χ1) is 11.1. The van der Waals surface area contributed by atoms with Gasteiger partial charge in [-0.2, -0.15) is 8.42 Å². The van der Waals surface area contributed by atoms with Crippen LogP contribution in [-0.4, -0.2) is 38.1 Å². The van der Waals surface area contributed by atoms with Crippen LogP contribution in [0.2, 0.25) is 0 Å². The largest absolute Gasteiger partial charge is 0.444 e. The second-order valence-corrected chi connectivity index (χ2v) is 8.26. The molecular formula is C17H23NO5S. The van der Waals surface area contributed by atoms with E-state index in [2.05, 4.69) is 0 Å². The fraction of sp³-hybridized carbons (Fsp3) is 0.471. The van der Waals surface area contributed by atoms with Gasteiger partial charge in [-0.25, -0.2) is 4.79 Å². The topological polar surface area (TPSA) is 72.9 Å². The lowest BCUT2D eigenvalue weighted by Gasteiger charge is -2.29. The molecular weight excluding hydrogens is 330 g/mol. The minimum atomic E-state index is -3.91. The summed E-state index contributed by atoms with van der Waals surface area (Å²) in [4.78, 5) is 13.6. The standard InChI is InChI=1S/C17H23NO5S/c1-13-7-9-15(10-8-13)24(20,21)23-14-6-5-11-18(12-14)16(19)22-17(2,3)4/h6-10H,5,11-12H2,1-4H3. The molecule has 0 unspecified atom stereocenters. The van der Waals surface area contributed by atoms with Crippen molar-refractivity contribution in [3.63, 3.8) is 0 Å². The minimum absolute atomic E-state index is 0.0694. The van der Waals surface area contributed by atoms with E-state index in [1.54, 1.807) is 39.0 Å². The number of carbonyl (C=O) groups excluding carboxylic acids is 1. The van der Waals surface area contributed by atoms with Crippen molar-refractivity contribution in [2.45, 2.75) is 44.6 Å². The normalized spacial score (nSPS) is 15.7. The molecule has 6 nitrogen and oxygen atoms in total. The fourth-order valence-electron chi connectivity index (χ4n) is 2.15. The third-order valence-electron chi connectivity index (χ3n) is 3.30. The third kappa shape index (κ3) is 4.99. The number of hydrogen-bond acceptors (Lipinski definition) is 5. The van der Waals surface area contributed by atoms with Crippen molar-refractivity contribution in [2.75, 3.05) is 13.1 Å². The number of aryl methyl sites for hydroxylation is 1. The molecule has 0 bridgehead atoms. The van der Waals surface area contributed by atoms with Gasteiger partial charge in [0.2, 0.25) is 0 Å². The van der Waals surface area contributed by atoms with Gasteiger partial charge in [-0.05, 0) is 52.3 Å². The molecule has 24 heavy (non-hydrogen) atoms. The zero-order chi connectivity index (χ0) is 18.0. The van der Waals surface area contributed by atoms with Crippen molar-refractivity contribution < 1.29 is 22.1 Å². The molecule has 1 aromatic carbocycles. The molecule has 0 saturated carbocycles. The Morgan fingerprint density at radius 1 is 1.17 bits per heavy atom. The van der Waals surface area contributed by atoms with Gasteiger partial charge in [-0.1, -0.05) is 17.7 Å². The van der Waals surface area contributed by atoms with Gasteiger partial charge in [-0.15, -0.1) is 0 Å². The maximum atomic E-state index is 12.3. The highest BCUT2D eigenvalue weighted by Crippen LogP contribution is 2.21. The molecule has 132 valence electrons. The lowest BCUT2D eigenvalue weighted by molar-refractivity contribution is 0.0244. The lowest BCUT2D eigenvalue weighted by Crippen LogP contribution is -2.40. The Balaban J connectivity index is 2.06.